The Kier molecular flexibility index (Phi) is 5.44. The number of piperazine rings is 1. The fourth-order valence-corrected chi connectivity index (χ4v) is 5.32. The van der Waals surface area contributed by atoms with Crippen molar-refractivity contribution >= 4 is 33.4 Å². The first kappa shape index (κ1) is 19.4. The highest BCUT2D eigenvalue weighted by molar-refractivity contribution is 7.89. The Bertz CT molecular complexity index is 955. The minimum atomic E-state index is -3.55. The summed E-state index contributed by atoms with van der Waals surface area (Å²) >= 11 is 6.12. The zero-order chi connectivity index (χ0) is 19.7. The molecule has 0 atom stereocenters. The third-order valence-electron chi connectivity index (χ3n) is 5.36. The normalized spacial score (nSPS) is 18.6. The Balaban J connectivity index is 1.45. The number of hydrogen-bond acceptors (Lipinski definition) is 6. The van der Waals surface area contributed by atoms with Gasteiger partial charge in [-0.05, 0) is 43.5 Å². The van der Waals surface area contributed by atoms with Crippen molar-refractivity contribution in [3.05, 3.63) is 41.0 Å². The number of benzene rings is 1. The summed E-state index contributed by atoms with van der Waals surface area (Å²) in [4.78, 5) is 13.7. The van der Waals surface area contributed by atoms with Gasteiger partial charge >= 0.3 is 0 Å². The predicted molar refractivity (Wildman–Crippen MR) is 111 cm³/mol. The van der Waals surface area contributed by atoms with Crippen molar-refractivity contribution < 1.29 is 8.42 Å². The van der Waals surface area contributed by atoms with E-state index in [9.17, 15) is 8.42 Å². The van der Waals surface area contributed by atoms with Crippen LogP contribution >= 0.6 is 11.6 Å². The summed E-state index contributed by atoms with van der Waals surface area (Å²) in [6.07, 6.45) is 4.13. The maximum atomic E-state index is 12.9. The Morgan fingerprint density at radius 3 is 2.36 bits per heavy atom. The van der Waals surface area contributed by atoms with Gasteiger partial charge in [0, 0.05) is 50.5 Å². The van der Waals surface area contributed by atoms with Gasteiger partial charge in [0.25, 0.3) is 0 Å². The molecule has 2 aliphatic heterocycles. The molecule has 7 nitrogen and oxygen atoms in total. The monoisotopic (exact) mass is 421 g/mol. The van der Waals surface area contributed by atoms with Crippen LogP contribution in [-0.4, -0.2) is 62.0 Å². The fraction of sp³-hybridized carbons (Fsp3) is 0.474. The van der Waals surface area contributed by atoms with Crippen LogP contribution in [0.15, 0.2) is 35.4 Å². The van der Waals surface area contributed by atoms with Crippen molar-refractivity contribution in [3.8, 4) is 0 Å². The van der Waals surface area contributed by atoms with Gasteiger partial charge in [0.15, 0.2) is 0 Å². The maximum Gasteiger partial charge on any atom is 0.243 e. The summed E-state index contributed by atoms with van der Waals surface area (Å²) in [6.45, 7) is 5.86. The van der Waals surface area contributed by atoms with Crippen LogP contribution < -0.4 is 9.80 Å². The topological polar surface area (TPSA) is 69.6 Å². The molecule has 4 rings (SSSR count). The number of aryl methyl sites for hydroxylation is 1. The zero-order valence-electron chi connectivity index (χ0n) is 15.9. The molecule has 2 aromatic rings. The Morgan fingerprint density at radius 1 is 0.964 bits per heavy atom. The molecule has 2 saturated heterocycles. The van der Waals surface area contributed by atoms with E-state index >= 15 is 0 Å². The smallest absolute Gasteiger partial charge is 0.243 e. The Morgan fingerprint density at radius 2 is 1.68 bits per heavy atom. The van der Waals surface area contributed by atoms with Crippen molar-refractivity contribution in [1.29, 1.82) is 0 Å². The number of nitrogens with zero attached hydrogens (tertiary/aromatic N) is 5. The number of aromatic nitrogens is 2. The molecule has 0 unspecified atom stereocenters. The molecule has 0 radical (unpaired) electrons. The van der Waals surface area contributed by atoms with Gasteiger partial charge < -0.3 is 9.80 Å². The van der Waals surface area contributed by atoms with Crippen molar-refractivity contribution in [1.82, 2.24) is 14.3 Å². The largest absolute Gasteiger partial charge is 0.354 e. The highest BCUT2D eigenvalue weighted by Gasteiger charge is 2.29. The van der Waals surface area contributed by atoms with Crippen LogP contribution in [0.1, 0.15) is 18.4 Å². The van der Waals surface area contributed by atoms with Crippen LogP contribution in [0.3, 0.4) is 0 Å². The molecule has 150 valence electrons. The first-order valence-electron chi connectivity index (χ1n) is 9.54. The average molecular weight is 422 g/mol. The van der Waals surface area contributed by atoms with Gasteiger partial charge in [0.2, 0.25) is 16.0 Å². The predicted octanol–water partition coefficient (Wildman–Crippen LogP) is 2.55. The van der Waals surface area contributed by atoms with E-state index in [-0.39, 0.29) is 4.90 Å². The molecule has 2 fully saturated rings. The minimum Gasteiger partial charge on any atom is -0.354 e. The summed E-state index contributed by atoms with van der Waals surface area (Å²) < 4.78 is 27.4. The molecule has 2 aliphatic rings. The van der Waals surface area contributed by atoms with E-state index in [0.717, 1.165) is 30.4 Å². The second-order valence-electron chi connectivity index (χ2n) is 7.21. The van der Waals surface area contributed by atoms with Crippen molar-refractivity contribution in [2.75, 3.05) is 49.1 Å². The third kappa shape index (κ3) is 3.81. The van der Waals surface area contributed by atoms with E-state index < -0.39 is 10.0 Å². The summed E-state index contributed by atoms with van der Waals surface area (Å²) in [6, 6.07) is 6.79. The molecule has 1 aromatic heterocycles. The molecular weight excluding hydrogens is 398 g/mol. The zero-order valence-corrected chi connectivity index (χ0v) is 17.5. The van der Waals surface area contributed by atoms with E-state index in [2.05, 4.69) is 14.8 Å². The Labute approximate surface area is 171 Å². The van der Waals surface area contributed by atoms with E-state index in [1.54, 1.807) is 18.3 Å². The van der Waals surface area contributed by atoms with Crippen molar-refractivity contribution in [2.45, 2.75) is 24.7 Å². The lowest BCUT2D eigenvalue weighted by atomic mass is 10.2. The molecule has 0 saturated carbocycles. The van der Waals surface area contributed by atoms with Gasteiger partial charge in [0.05, 0.1) is 4.90 Å². The van der Waals surface area contributed by atoms with Gasteiger partial charge in [-0.2, -0.15) is 9.29 Å². The SMILES string of the molecule is Cc1ccc(S(=O)(=O)N2CCN(c3ccnc(N4CCCC4)n3)CC2)cc1Cl. The molecule has 9 heteroatoms. The molecule has 28 heavy (non-hydrogen) atoms. The first-order chi connectivity index (χ1) is 13.4. The van der Waals surface area contributed by atoms with Gasteiger partial charge in [-0.1, -0.05) is 17.7 Å². The highest BCUT2D eigenvalue weighted by Crippen LogP contribution is 2.25. The standard InChI is InChI=1S/C19H24ClN5O2S/c1-15-4-5-16(14-17(15)20)28(26,27)25-12-10-23(11-13-25)18-6-7-21-19(22-18)24-8-2-3-9-24/h4-7,14H,2-3,8-13H2,1H3. The second-order valence-corrected chi connectivity index (χ2v) is 9.56. The molecular formula is C19H24ClN5O2S. The van der Waals surface area contributed by atoms with E-state index in [1.807, 2.05) is 13.0 Å². The van der Waals surface area contributed by atoms with Gasteiger partial charge in [-0.25, -0.2) is 13.4 Å². The first-order valence-corrected chi connectivity index (χ1v) is 11.4. The maximum absolute atomic E-state index is 12.9. The summed E-state index contributed by atoms with van der Waals surface area (Å²) in [5.41, 5.74) is 0.864. The average Bonchev–Trinajstić information content (AvgIpc) is 3.25. The van der Waals surface area contributed by atoms with E-state index in [1.165, 1.54) is 23.2 Å². The highest BCUT2D eigenvalue weighted by atomic mass is 35.5. The fourth-order valence-electron chi connectivity index (χ4n) is 3.63. The van der Waals surface area contributed by atoms with E-state index in [0.29, 0.717) is 31.2 Å². The van der Waals surface area contributed by atoms with E-state index in [4.69, 9.17) is 16.6 Å². The number of sulfonamides is 1. The number of anilines is 2. The lowest BCUT2D eigenvalue weighted by Gasteiger charge is -2.35. The number of halogens is 1. The molecule has 0 aliphatic carbocycles. The minimum absolute atomic E-state index is 0.245. The summed E-state index contributed by atoms with van der Waals surface area (Å²) in [5.74, 6) is 1.62. The molecule has 1 aromatic carbocycles. The van der Waals surface area contributed by atoms with Gasteiger partial charge in [0.1, 0.15) is 5.82 Å². The van der Waals surface area contributed by atoms with Crippen LogP contribution in [0, 0.1) is 6.92 Å². The number of hydrogen-bond donors (Lipinski definition) is 0. The molecule has 0 N–H and O–H groups in total. The van der Waals surface area contributed by atoms with Gasteiger partial charge in [-0.15, -0.1) is 0 Å². The molecule has 3 heterocycles. The summed E-state index contributed by atoms with van der Waals surface area (Å²) in [7, 11) is -3.55. The Hall–Kier alpha value is -1.90. The number of rotatable bonds is 4. The lowest BCUT2D eigenvalue weighted by Crippen LogP contribution is -2.49. The summed E-state index contributed by atoms with van der Waals surface area (Å²) in [5, 5.41) is 0.468. The molecule has 0 amide bonds. The van der Waals surface area contributed by atoms with Crippen LogP contribution in [0.25, 0.3) is 0 Å². The quantitative estimate of drug-likeness (QED) is 0.755. The van der Waals surface area contributed by atoms with Crippen LogP contribution in [-0.2, 0) is 10.0 Å². The van der Waals surface area contributed by atoms with Crippen molar-refractivity contribution in [3.63, 3.8) is 0 Å². The molecule has 0 spiro atoms. The second kappa shape index (κ2) is 7.85. The van der Waals surface area contributed by atoms with Gasteiger partial charge in [-0.3, -0.25) is 0 Å². The molecule has 0 bridgehead atoms. The van der Waals surface area contributed by atoms with Crippen LogP contribution in [0.2, 0.25) is 5.02 Å². The van der Waals surface area contributed by atoms with Crippen LogP contribution in [0.5, 0.6) is 0 Å². The van der Waals surface area contributed by atoms with Crippen molar-refractivity contribution in [2.24, 2.45) is 0 Å². The van der Waals surface area contributed by atoms with Crippen LogP contribution in [0.4, 0.5) is 11.8 Å². The lowest BCUT2D eigenvalue weighted by molar-refractivity contribution is 0.384. The third-order valence-corrected chi connectivity index (χ3v) is 7.66.